The summed E-state index contributed by atoms with van der Waals surface area (Å²) in [5, 5.41) is 0. The lowest BCUT2D eigenvalue weighted by atomic mass is 9.78. The molecule has 0 aliphatic carbocycles. The molecule has 0 aliphatic rings. The van der Waals surface area contributed by atoms with Crippen molar-refractivity contribution in [3.63, 3.8) is 0 Å². The maximum absolute atomic E-state index is 11.6. The molecular formula is C16H22O4. The molecular weight excluding hydrogens is 256 g/mol. The number of ether oxygens (including phenoxy) is 3. The molecule has 1 rings (SSSR count). The first kappa shape index (κ1) is 16.1. The monoisotopic (exact) mass is 278 g/mol. The van der Waals surface area contributed by atoms with Crippen LogP contribution in [0.3, 0.4) is 0 Å². The summed E-state index contributed by atoms with van der Waals surface area (Å²) in [6.45, 7) is 7.71. The summed E-state index contributed by atoms with van der Waals surface area (Å²) in [4.78, 5) is 11.6. The maximum atomic E-state index is 11.6. The van der Waals surface area contributed by atoms with Gasteiger partial charge in [0, 0.05) is 11.0 Å². The zero-order valence-corrected chi connectivity index (χ0v) is 12.8. The van der Waals surface area contributed by atoms with Crippen LogP contribution in [0.5, 0.6) is 11.5 Å². The Labute approximate surface area is 120 Å². The molecule has 4 nitrogen and oxygen atoms in total. The molecule has 0 spiro atoms. The summed E-state index contributed by atoms with van der Waals surface area (Å²) in [7, 11) is 4.56. The fourth-order valence-corrected chi connectivity index (χ4v) is 2.22. The summed E-state index contributed by atoms with van der Waals surface area (Å²) in [5.41, 5.74) is 1.24. The molecule has 1 atom stereocenters. The molecule has 0 bridgehead atoms. The van der Waals surface area contributed by atoms with E-state index in [0.29, 0.717) is 11.5 Å². The summed E-state index contributed by atoms with van der Waals surface area (Å²) in [6, 6.07) is 3.87. The minimum absolute atomic E-state index is 0.190. The van der Waals surface area contributed by atoms with E-state index >= 15 is 0 Å². The SMILES string of the molecule is C=CC(C)(CC(=O)OC)c1ccc(C)c(OC)c1OC. The van der Waals surface area contributed by atoms with Gasteiger partial charge in [0.1, 0.15) is 0 Å². The number of methoxy groups -OCH3 is 3. The second-order valence-electron chi connectivity index (χ2n) is 4.87. The largest absolute Gasteiger partial charge is 0.493 e. The molecule has 0 radical (unpaired) electrons. The van der Waals surface area contributed by atoms with Crippen molar-refractivity contribution in [2.24, 2.45) is 0 Å². The Morgan fingerprint density at radius 3 is 2.30 bits per heavy atom. The molecule has 0 saturated heterocycles. The van der Waals surface area contributed by atoms with E-state index < -0.39 is 5.41 Å². The number of esters is 1. The van der Waals surface area contributed by atoms with Crippen LogP contribution in [0.15, 0.2) is 24.8 Å². The van der Waals surface area contributed by atoms with Crippen molar-refractivity contribution in [2.75, 3.05) is 21.3 Å². The van der Waals surface area contributed by atoms with E-state index in [-0.39, 0.29) is 12.4 Å². The van der Waals surface area contributed by atoms with Crippen molar-refractivity contribution in [1.29, 1.82) is 0 Å². The Morgan fingerprint density at radius 1 is 1.25 bits per heavy atom. The summed E-state index contributed by atoms with van der Waals surface area (Å²) in [5.74, 6) is 0.996. The fourth-order valence-electron chi connectivity index (χ4n) is 2.22. The number of allylic oxidation sites excluding steroid dienone is 1. The van der Waals surface area contributed by atoms with Gasteiger partial charge in [0.2, 0.25) is 0 Å². The van der Waals surface area contributed by atoms with Gasteiger partial charge in [0.25, 0.3) is 0 Å². The zero-order valence-electron chi connectivity index (χ0n) is 12.8. The van der Waals surface area contributed by atoms with Gasteiger partial charge in [-0.15, -0.1) is 6.58 Å². The molecule has 110 valence electrons. The molecule has 0 fully saturated rings. The summed E-state index contributed by atoms with van der Waals surface area (Å²) < 4.78 is 15.7. The first-order valence-corrected chi connectivity index (χ1v) is 6.36. The Hall–Kier alpha value is -1.97. The Kier molecular flexibility index (Phi) is 5.19. The average molecular weight is 278 g/mol. The van der Waals surface area contributed by atoms with Crippen LogP contribution < -0.4 is 9.47 Å². The van der Waals surface area contributed by atoms with Crippen LogP contribution in [0.4, 0.5) is 0 Å². The number of rotatable bonds is 6. The molecule has 0 aliphatic heterocycles. The fraction of sp³-hybridized carbons (Fsp3) is 0.438. The third-order valence-corrected chi connectivity index (χ3v) is 3.52. The predicted molar refractivity (Wildman–Crippen MR) is 78.5 cm³/mol. The molecule has 1 aromatic rings. The first-order chi connectivity index (χ1) is 9.43. The van der Waals surface area contributed by atoms with Crippen LogP contribution in [-0.2, 0) is 14.9 Å². The highest BCUT2D eigenvalue weighted by Crippen LogP contribution is 2.42. The molecule has 0 amide bonds. The zero-order chi connectivity index (χ0) is 15.3. The number of hydrogen-bond donors (Lipinski definition) is 0. The third kappa shape index (κ3) is 2.95. The van der Waals surface area contributed by atoms with Crippen molar-refractivity contribution in [3.8, 4) is 11.5 Å². The van der Waals surface area contributed by atoms with Gasteiger partial charge in [-0.3, -0.25) is 4.79 Å². The smallest absolute Gasteiger partial charge is 0.306 e. The lowest BCUT2D eigenvalue weighted by molar-refractivity contribution is -0.141. The number of carbonyl (C=O) groups is 1. The van der Waals surface area contributed by atoms with Gasteiger partial charge in [-0.25, -0.2) is 0 Å². The highest BCUT2D eigenvalue weighted by molar-refractivity contribution is 5.72. The second-order valence-corrected chi connectivity index (χ2v) is 4.87. The van der Waals surface area contributed by atoms with Crippen molar-refractivity contribution in [2.45, 2.75) is 25.7 Å². The Bertz CT molecular complexity index is 507. The van der Waals surface area contributed by atoms with Gasteiger partial charge in [-0.2, -0.15) is 0 Å². The van der Waals surface area contributed by atoms with Crippen LogP contribution in [0.25, 0.3) is 0 Å². The molecule has 0 aromatic heterocycles. The molecule has 20 heavy (non-hydrogen) atoms. The van der Waals surface area contributed by atoms with Gasteiger partial charge in [0.15, 0.2) is 11.5 Å². The van der Waals surface area contributed by atoms with E-state index in [4.69, 9.17) is 14.2 Å². The first-order valence-electron chi connectivity index (χ1n) is 6.36. The van der Waals surface area contributed by atoms with Crippen LogP contribution in [0.1, 0.15) is 24.5 Å². The second kappa shape index (κ2) is 6.46. The molecule has 4 heteroatoms. The Morgan fingerprint density at radius 2 is 1.85 bits per heavy atom. The van der Waals surface area contributed by atoms with Crippen molar-refractivity contribution in [1.82, 2.24) is 0 Å². The van der Waals surface area contributed by atoms with E-state index in [0.717, 1.165) is 11.1 Å². The molecule has 0 saturated carbocycles. The van der Waals surface area contributed by atoms with Crippen molar-refractivity contribution < 1.29 is 19.0 Å². The minimum Gasteiger partial charge on any atom is -0.493 e. The van der Waals surface area contributed by atoms with E-state index in [1.165, 1.54) is 7.11 Å². The third-order valence-electron chi connectivity index (χ3n) is 3.52. The van der Waals surface area contributed by atoms with Gasteiger partial charge in [-0.1, -0.05) is 25.1 Å². The average Bonchev–Trinajstić information content (AvgIpc) is 2.46. The van der Waals surface area contributed by atoms with Crippen LogP contribution in [0.2, 0.25) is 0 Å². The summed E-state index contributed by atoms with van der Waals surface area (Å²) in [6.07, 6.45) is 1.92. The standard InChI is InChI=1S/C16H22O4/c1-7-16(3,10-13(17)18-4)12-9-8-11(2)14(19-5)15(12)20-6/h7-9H,1,10H2,2-6H3. The quantitative estimate of drug-likeness (QED) is 0.592. The van der Waals surface area contributed by atoms with Crippen LogP contribution >= 0.6 is 0 Å². The van der Waals surface area contributed by atoms with E-state index in [1.54, 1.807) is 20.3 Å². The van der Waals surface area contributed by atoms with Crippen molar-refractivity contribution >= 4 is 5.97 Å². The van der Waals surface area contributed by atoms with Gasteiger partial charge in [0.05, 0.1) is 27.8 Å². The van der Waals surface area contributed by atoms with Crippen LogP contribution in [-0.4, -0.2) is 27.3 Å². The topological polar surface area (TPSA) is 44.8 Å². The van der Waals surface area contributed by atoms with Gasteiger partial charge < -0.3 is 14.2 Å². The molecule has 1 aromatic carbocycles. The van der Waals surface area contributed by atoms with Gasteiger partial charge >= 0.3 is 5.97 Å². The number of hydrogen-bond acceptors (Lipinski definition) is 4. The van der Waals surface area contributed by atoms with E-state index in [1.807, 2.05) is 26.0 Å². The van der Waals surface area contributed by atoms with Crippen LogP contribution in [0, 0.1) is 6.92 Å². The number of carbonyl (C=O) groups excluding carboxylic acids is 1. The summed E-state index contributed by atoms with van der Waals surface area (Å²) >= 11 is 0. The number of benzene rings is 1. The molecule has 0 heterocycles. The highest BCUT2D eigenvalue weighted by Gasteiger charge is 2.31. The van der Waals surface area contributed by atoms with E-state index in [9.17, 15) is 4.79 Å². The van der Waals surface area contributed by atoms with E-state index in [2.05, 4.69) is 6.58 Å². The minimum atomic E-state index is -0.584. The maximum Gasteiger partial charge on any atom is 0.306 e. The predicted octanol–water partition coefficient (Wildman–Crippen LogP) is 3.02. The Balaban J connectivity index is 3.42. The molecule has 1 unspecified atom stereocenters. The van der Waals surface area contributed by atoms with Crippen molar-refractivity contribution in [3.05, 3.63) is 35.9 Å². The van der Waals surface area contributed by atoms with Gasteiger partial charge in [-0.05, 0) is 12.5 Å². The lowest BCUT2D eigenvalue weighted by Gasteiger charge is -2.28. The lowest BCUT2D eigenvalue weighted by Crippen LogP contribution is -2.25. The highest BCUT2D eigenvalue weighted by atomic mass is 16.5. The normalized spacial score (nSPS) is 13.2. The number of aryl methyl sites for hydroxylation is 1. The molecule has 0 N–H and O–H groups in total.